The van der Waals surface area contributed by atoms with E-state index in [1.54, 1.807) is 12.1 Å². The molecule has 1 radical (unpaired) electrons. The average molecular weight is 289 g/mol. The number of hydrogen-bond acceptors (Lipinski definition) is 3. The lowest BCUT2D eigenvalue weighted by atomic mass is 10.2. The first-order chi connectivity index (χ1) is 9.42. The number of rotatable bonds is 7. The second-order valence-corrected chi connectivity index (χ2v) is 9.07. The van der Waals surface area contributed by atoms with Crippen molar-refractivity contribution in [3.63, 3.8) is 0 Å². The molecule has 0 aromatic heterocycles. The molecule has 0 atom stereocenters. The molecular formula is C16H21O3Si. The third-order valence-corrected chi connectivity index (χ3v) is 6.32. The molecule has 1 aromatic carbocycles. The lowest BCUT2D eigenvalue weighted by Crippen LogP contribution is -2.40. The van der Waals surface area contributed by atoms with Gasteiger partial charge in [-0.2, -0.15) is 4.89 Å². The Labute approximate surface area is 121 Å². The van der Waals surface area contributed by atoms with E-state index in [2.05, 4.69) is 19.7 Å². The van der Waals surface area contributed by atoms with E-state index < -0.39 is 14.0 Å². The van der Waals surface area contributed by atoms with Gasteiger partial charge in [-0.15, -0.1) is 13.2 Å². The molecule has 0 saturated carbocycles. The number of hydrogen-bond donors (Lipinski definition) is 0. The van der Waals surface area contributed by atoms with Crippen molar-refractivity contribution >= 4 is 19.2 Å². The molecule has 0 bridgehead atoms. The van der Waals surface area contributed by atoms with Gasteiger partial charge >= 0.3 is 5.97 Å². The average Bonchev–Trinajstić information content (AvgIpc) is 2.46. The molecule has 1 aromatic rings. The molecule has 20 heavy (non-hydrogen) atoms. The summed E-state index contributed by atoms with van der Waals surface area (Å²) in [6.07, 6.45) is 0. The van der Waals surface area contributed by atoms with Crippen LogP contribution in [-0.4, -0.2) is 14.0 Å². The summed E-state index contributed by atoms with van der Waals surface area (Å²) in [6.45, 7) is 15.2. The Bertz CT molecular complexity index is 469. The van der Waals surface area contributed by atoms with E-state index in [-0.39, 0.29) is 5.92 Å². The molecule has 3 nitrogen and oxygen atoms in total. The van der Waals surface area contributed by atoms with Crippen LogP contribution in [-0.2, 0) is 9.78 Å². The summed E-state index contributed by atoms with van der Waals surface area (Å²) in [7, 11) is -1.83. The van der Waals surface area contributed by atoms with Gasteiger partial charge in [0.25, 0.3) is 0 Å². The minimum absolute atomic E-state index is 0.192. The van der Waals surface area contributed by atoms with E-state index in [0.717, 1.165) is 5.19 Å². The highest BCUT2D eigenvalue weighted by Gasteiger charge is 2.22. The van der Waals surface area contributed by atoms with Gasteiger partial charge in [0.2, 0.25) is 0 Å². The third kappa shape index (κ3) is 4.18. The lowest BCUT2D eigenvalue weighted by Gasteiger charge is -2.19. The van der Waals surface area contributed by atoms with Crippen LogP contribution in [0.4, 0.5) is 0 Å². The largest absolute Gasteiger partial charge is 0.373 e. The van der Waals surface area contributed by atoms with Crippen LogP contribution in [0.15, 0.2) is 48.8 Å². The maximum atomic E-state index is 11.7. The molecule has 107 valence electrons. The van der Waals surface area contributed by atoms with Gasteiger partial charge in [-0.1, -0.05) is 49.1 Å². The maximum Gasteiger partial charge on any atom is 0.373 e. The fourth-order valence-corrected chi connectivity index (χ4v) is 3.04. The number of benzene rings is 1. The van der Waals surface area contributed by atoms with Crippen LogP contribution in [0.1, 0.15) is 24.2 Å². The van der Waals surface area contributed by atoms with E-state index in [4.69, 9.17) is 9.78 Å². The first-order valence-electron chi connectivity index (χ1n) is 6.51. The molecular weight excluding hydrogens is 268 g/mol. The van der Waals surface area contributed by atoms with Crippen LogP contribution in [0, 0.1) is 12.5 Å². The molecule has 1 rings (SSSR count). The molecule has 0 spiro atoms. The summed E-state index contributed by atoms with van der Waals surface area (Å²) in [5.74, 6) is -0.314. The third-order valence-electron chi connectivity index (χ3n) is 3.04. The molecule has 4 heteroatoms. The Morgan fingerprint density at radius 3 is 2.20 bits per heavy atom. The molecule has 0 fully saturated rings. The monoisotopic (exact) mass is 289 g/mol. The van der Waals surface area contributed by atoms with Crippen molar-refractivity contribution in [1.29, 1.82) is 0 Å². The first-order valence-corrected chi connectivity index (χ1v) is 9.17. The van der Waals surface area contributed by atoms with Gasteiger partial charge in [-0.25, -0.2) is 4.79 Å². The number of carbonyl (C=O) groups is 1. The summed E-state index contributed by atoms with van der Waals surface area (Å²) in [6, 6.07) is 7.29. The van der Waals surface area contributed by atoms with Crippen LogP contribution < -0.4 is 5.19 Å². The Hall–Kier alpha value is -1.65. The van der Waals surface area contributed by atoms with Crippen LogP contribution in [0.5, 0.6) is 0 Å². The first kappa shape index (κ1) is 16.4. The van der Waals surface area contributed by atoms with Crippen molar-refractivity contribution in [2.75, 3.05) is 0 Å². The van der Waals surface area contributed by atoms with Gasteiger partial charge in [0.15, 0.2) is 0 Å². The zero-order valence-electron chi connectivity index (χ0n) is 12.3. The number of carbonyl (C=O) groups excluding carboxylic acids is 1. The Morgan fingerprint density at radius 1 is 1.20 bits per heavy atom. The van der Waals surface area contributed by atoms with Crippen molar-refractivity contribution in [3.05, 3.63) is 61.0 Å². The quantitative estimate of drug-likeness (QED) is 0.439. The predicted octanol–water partition coefficient (Wildman–Crippen LogP) is 3.33. The Balaban J connectivity index is 2.73. The minimum atomic E-state index is -1.83. The molecule has 0 saturated heterocycles. The Kier molecular flexibility index (Phi) is 5.92. The summed E-state index contributed by atoms with van der Waals surface area (Å²) in [4.78, 5) is 21.2. The van der Waals surface area contributed by atoms with E-state index in [1.165, 1.54) is 6.61 Å². The second kappa shape index (κ2) is 7.22. The van der Waals surface area contributed by atoms with Gasteiger partial charge in [-0.3, -0.25) is 4.89 Å². The summed E-state index contributed by atoms with van der Waals surface area (Å²) in [5, 5.41) is 1.15. The van der Waals surface area contributed by atoms with Gasteiger partial charge in [-0.05, 0) is 18.1 Å². The fourth-order valence-electron chi connectivity index (χ4n) is 1.52. The van der Waals surface area contributed by atoms with E-state index in [9.17, 15) is 4.79 Å². The Morgan fingerprint density at radius 2 is 1.75 bits per heavy atom. The molecule has 0 N–H and O–H groups in total. The van der Waals surface area contributed by atoms with Crippen molar-refractivity contribution in [2.24, 2.45) is 5.92 Å². The van der Waals surface area contributed by atoms with Gasteiger partial charge in [0.05, 0.1) is 5.56 Å². The molecule has 0 aliphatic carbocycles. The van der Waals surface area contributed by atoms with Crippen molar-refractivity contribution in [3.8, 4) is 0 Å². The van der Waals surface area contributed by atoms with Crippen LogP contribution in [0.25, 0.3) is 0 Å². The lowest BCUT2D eigenvalue weighted by molar-refractivity contribution is -0.217. The molecule has 0 aliphatic heterocycles. The zero-order valence-corrected chi connectivity index (χ0v) is 13.3. The predicted molar refractivity (Wildman–Crippen MR) is 83.7 cm³/mol. The highest BCUT2D eigenvalue weighted by molar-refractivity contribution is 6.98. The topological polar surface area (TPSA) is 35.5 Å². The van der Waals surface area contributed by atoms with E-state index in [1.807, 2.05) is 37.4 Å². The van der Waals surface area contributed by atoms with Crippen LogP contribution in [0.2, 0.25) is 6.55 Å². The van der Waals surface area contributed by atoms with E-state index in [0.29, 0.717) is 5.56 Å². The standard InChI is InChI=1S/C16H21O3Si/c1-6-20(5,7-2)15-10-8-14(9-11-15)16(17)19-18-12-13(3)4/h6-13H,1-2H2,3-5H3. The van der Waals surface area contributed by atoms with E-state index >= 15 is 0 Å². The molecule has 0 heterocycles. The highest BCUT2D eigenvalue weighted by Crippen LogP contribution is 2.09. The summed E-state index contributed by atoms with van der Waals surface area (Å²) in [5.41, 5.74) is 4.36. The second-order valence-electron chi connectivity index (χ2n) is 5.12. The van der Waals surface area contributed by atoms with Crippen LogP contribution >= 0.6 is 0 Å². The fraction of sp³-hybridized carbons (Fsp3) is 0.250. The SMILES string of the molecule is C=C[Si](C)(C=C)c1ccc(C(=O)OO[CH]C(C)C)cc1. The van der Waals surface area contributed by atoms with Gasteiger partial charge < -0.3 is 0 Å². The van der Waals surface area contributed by atoms with Crippen molar-refractivity contribution < 1.29 is 14.6 Å². The van der Waals surface area contributed by atoms with Crippen molar-refractivity contribution in [2.45, 2.75) is 20.4 Å². The van der Waals surface area contributed by atoms with Crippen LogP contribution in [0.3, 0.4) is 0 Å². The normalized spacial score (nSPS) is 11.2. The maximum absolute atomic E-state index is 11.7. The zero-order chi connectivity index (χ0) is 15.2. The van der Waals surface area contributed by atoms with Gasteiger partial charge in [0, 0.05) is 0 Å². The highest BCUT2D eigenvalue weighted by atomic mass is 28.3. The molecule has 0 amide bonds. The molecule has 0 unspecified atom stereocenters. The minimum Gasteiger partial charge on any atom is -0.292 e. The van der Waals surface area contributed by atoms with Gasteiger partial charge in [0.1, 0.15) is 14.7 Å². The van der Waals surface area contributed by atoms with Crippen molar-refractivity contribution in [1.82, 2.24) is 0 Å². The smallest absolute Gasteiger partial charge is 0.292 e. The summed E-state index contributed by atoms with van der Waals surface area (Å²) < 4.78 is 0. The molecule has 0 aliphatic rings. The summed E-state index contributed by atoms with van der Waals surface area (Å²) >= 11 is 0.